The van der Waals surface area contributed by atoms with Gasteiger partial charge in [0, 0.05) is 25.0 Å². The summed E-state index contributed by atoms with van der Waals surface area (Å²) in [5.74, 6) is -0.305. The van der Waals surface area contributed by atoms with Crippen LogP contribution in [0.5, 0.6) is 0 Å². The van der Waals surface area contributed by atoms with E-state index in [0.29, 0.717) is 18.4 Å². The molecule has 0 aromatic rings. The number of rotatable bonds is 9. The Kier molecular flexibility index (Phi) is 8.52. The highest BCUT2D eigenvalue weighted by Crippen LogP contribution is 2.27. The van der Waals surface area contributed by atoms with Crippen molar-refractivity contribution in [2.75, 3.05) is 6.61 Å². The first-order valence-electron chi connectivity index (χ1n) is 8.50. The lowest BCUT2D eigenvalue weighted by molar-refractivity contribution is -0.206. The van der Waals surface area contributed by atoms with Crippen LogP contribution in [0.1, 0.15) is 59.3 Å². The molecular weight excluding hydrogens is 296 g/mol. The molecule has 1 aliphatic heterocycles. The van der Waals surface area contributed by atoms with Crippen molar-refractivity contribution in [1.29, 1.82) is 0 Å². The summed E-state index contributed by atoms with van der Waals surface area (Å²) in [6.45, 7) is 9.23. The van der Waals surface area contributed by atoms with Gasteiger partial charge in [0.15, 0.2) is 12.1 Å². The van der Waals surface area contributed by atoms with E-state index < -0.39 is 6.10 Å². The molecule has 5 heteroatoms. The van der Waals surface area contributed by atoms with Crippen LogP contribution in [-0.2, 0) is 14.3 Å². The van der Waals surface area contributed by atoms with Gasteiger partial charge in [0.2, 0.25) is 0 Å². The van der Waals surface area contributed by atoms with Crippen LogP contribution in [0.15, 0.2) is 23.5 Å². The Balaban J connectivity index is 2.94. The third-order valence-electron chi connectivity index (χ3n) is 4.16. The lowest BCUT2D eigenvalue weighted by atomic mass is 9.97. The smallest absolute Gasteiger partial charge is 0.165 e. The summed E-state index contributed by atoms with van der Waals surface area (Å²) in [5.41, 5.74) is 0.696. The molecule has 0 amide bonds. The van der Waals surface area contributed by atoms with Crippen LogP contribution < -0.4 is 0 Å². The van der Waals surface area contributed by atoms with Crippen LogP contribution in [-0.4, -0.2) is 41.1 Å². The number of aliphatic hydroxyl groups excluding tert-OH is 2. The van der Waals surface area contributed by atoms with Gasteiger partial charge >= 0.3 is 0 Å². The van der Waals surface area contributed by atoms with Gasteiger partial charge < -0.3 is 19.7 Å². The third-order valence-corrected chi connectivity index (χ3v) is 4.16. The molecule has 0 aromatic heterocycles. The molecule has 132 valence electrons. The van der Waals surface area contributed by atoms with E-state index in [4.69, 9.17) is 9.47 Å². The number of allylic oxidation sites excluding steroid dienone is 1. The molecule has 1 saturated heterocycles. The van der Waals surface area contributed by atoms with Crippen LogP contribution in [0.25, 0.3) is 0 Å². The van der Waals surface area contributed by atoms with Crippen molar-refractivity contribution in [1.82, 2.24) is 0 Å². The fourth-order valence-corrected chi connectivity index (χ4v) is 2.78. The van der Waals surface area contributed by atoms with Crippen LogP contribution >= 0.6 is 0 Å². The molecule has 1 rings (SSSR count). The highest BCUT2D eigenvalue weighted by molar-refractivity contribution is 5.98. The molecule has 0 unspecified atom stereocenters. The zero-order chi connectivity index (χ0) is 17.4. The minimum atomic E-state index is -0.485. The van der Waals surface area contributed by atoms with Gasteiger partial charge in [0.25, 0.3) is 0 Å². The topological polar surface area (TPSA) is 76.0 Å². The normalized spacial score (nSPS) is 24.0. The number of ether oxygens (including phenoxy) is 2. The molecule has 5 nitrogen and oxygen atoms in total. The fraction of sp³-hybridized carbons (Fsp3) is 0.722. The molecule has 3 atom stereocenters. The zero-order valence-electron chi connectivity index (χ0n) is 14.5. The van der Waals surface area contributed by atoms with Gasteiger partial charge in [-0.1, -0.05) is 20.4 Å². The second-order valence-corrected chi connectivity index (χ2v) is 5.93. The Morgan fingerprint density at radius 1 is 1.35 bits per heavy atom. The fourth-order valence-electron chi connectivity index (χ4n) is 2.78. The Morgan fingerprint density at radius 2 is 2.04 bits per heavy atom. The number of hydrogen-bond acceptors (Lipinski definition) is 5. The van der Waals surface area contributed by atoms with Gasteiger partial charge in [-0.2, -0.15) is 0 Å². The summed E-state index contributed by atoms with van der Waals surface area (Å²) in [4.78, 5) is 11.8. The van der Waals surface area contributed by atoms with Crippen LogP contribution in [0, 0.1) is 0 Å². The van der Waals surface area contributed by atoms with Gasteiger partial charge in [0.05, 0.1) is 17.8 Å². The molecule has 1 aliphatic rings. The maximum atomic E-state index is 11.8. The van der Waals surface area contributed by atoms with Crippen LogP contribution in [0.3, 0.4) is 0 Å². The Labute approximate surface area is 139 Å². The first kappa shape index (κ1) is 19.9. The van der Waals surface area contributed by atoms with Crippen molar-refractivity contribution in [2.24, 2.45) is 0 Å². The molecule has 0 aliphatic carbocycles. The lowest BCUT2D eigenvalue weighted by Gasteiger charge is -2.32. The van der Waals surface area contributed by atoms with E-state index in [0.717, 1.165) is 19.3 Å². The summed E-state index contributed by atoms with van der Waals surface area (Å²) in [6.07, 6.45) is 3.27. The molecule has 2 N–H and O–H groups in total. The van der Waals surface area contributed by atoms with Crippen molar-refractivity contribution >= 4 is 5.78 Å². The van der Waals surface area contributed by atoms with Gasteiger partial charge in [0.1, 0.15) is 5.76 Å². The summed E-state index contributed by atoms with van der Waals surface area (Å²) in [6, 6.07) is 0. The van der Waals surface area contributed by atoms with E-state index in [-0.39, 0.29) is 42.5 Å². The SMILES string of the molecule is C=C(C(=O)CC)/C(O)=C(\CC)[C@H](CCO)O[C@H]1CCC[C@H](C)O1. The Morgan fingerprint density at radius 3 is 2.57 bits per heavy atom. The first-order valence-corrected chi connectivity index (χ1v) is 8.50. The number of ketones is 1. The van der Waals surface area contributed by atoms with E-state index in [9.17, 15) is 15.0 Å². The van der Waals surface area contributed by atoms with Crippen molar-refractivity contribution in [2.45, 2.75) is 77.8 Å². The number of Topliss-reactive ketones (excluding diaryl/α,β-unsaturated/α-hetero) is 1. The summed E-state index contributed by atoms with van der Waals surface area (Å²) in [7, 11) is 0. The molecule has 0 radical (unpaired) electrons. The molecule has 0 saturated carbocycles. The molecule has 23 heavy (non-hydrogen) atoms. The van der Waals surface area contributed by atoms with Crippen LogP contribution in [0.2, 0.25) is 0 Å². The van der Waals surface area contributed by atoms with Gasteiger partial charge in [-0.25, -0.2) is 0 Å². The summed E-state index contributed by atoms with van der Waals surface area (Å²) < 4.78 is 11.8. The lowest BCUT2D eigenvalue weighted by Crippen LogP contribution is -2.33. The van der Waals surface area contributed by atoms with E-state index in [1.54, 1.807) is 6.92 Å². The Hall–Kier alpha value is -1.17. The maximum Gasteiger partial charge on any atom is 0.165 e. The van der Waals surface area contributed by atoms with E-state index in [1.807, 2.05) is 13.8 Å². The van der Waals surface area contributed by atoms with Gasteiger partial charge in [-0.3, -0.25) is 4.79 Å². The third kappa shape index (κ3) is 5.75. The van der Waals surface area contributed by atoms with Crippen LogP contribution in [0.4, 0.5) is 0 Å². The average molecular weight is 326 g/mol. The Bertz CT molecular complexity index is 441. The number of aliphatic hydroxyl groups is 2. The van der Waals surface area contributed by atoms with Gasteiger partial charge in [-0.15, -0.1) is 0 Å². The second kappa shape index (κ2) is 9.85. The molecule has 1 fully saturated rings. The molecule has 1 heterocycles. The average Bonchev–Trinajstić information content (AvgIpc) is 2.54. The number of hydrogen-bond donors (Lipinski definition) is 2. The predicted molar refractivity (Wildman–Crippen MR) is 89.1 cm³/mol. The number of carbonyl (C=O) groups is 1. The minimum absolute atomic E-state index is 0.0715. The first-order chi connectivity index (χ1) is 10.9. The molecule has 0 spiro atoms. The highest BCUT2D eigenvalue weighted by atomic mass is 16.7. The van der Waals surface area contributed by atoms with E-state index in [2.05, 4.69) is 6.58 Å². The second-order valence-electron chi connectivity index (χ2n) is 5.93. The molecular formula is C18H30O5. The molecule has 0 aromatic carbocycles. The van der Waals surface area contributed by atoms with Crippen molar-refractivity contribution < 1.29 is 24.5 Å². The largest absolute Gasteiger partial charge is 0.507 e. The monoisotopic (exact) mass is 326 g/mol. The zero-order valence-corrected chi connectivity index (χ0v) is 14.5. The van der Waals surface area contributed by atoms with Crippen molar-refractivity contribution in [3.05, 3.63) is 23.5 Å². The van der Waals surface area contributed by atoms with E-state index >= 15 is 0 Å². The highest BCUT2D eigenvalue weighted by Gasteiger charge is 2.27. The predicted octanol–water partition coefficient (Wildman–Crippen LogP) is 3.43. The summed E-state index contributed by atoms with van der Waals surface area (Å²) >= 11 is 0. The van der Waals surface area contributed by atoms with Crippen molar-refractivity contribution in [3.8, 4) is 0 Å². The standard InChI is InChI=1S/C18H30O5/c1-5-14(18(21)13(4)15(20)6-2)16(10-11-19)23-17-9-7-8-12(3)22-17/h12,16-17,19,21H,4-11H2,1-3H3/b18-14-/t12-,16-,17-/m0/s1. The van der Waals surface area contributed by atoms with Crippen molar-refractivity contribution in [3.63, 3.8) is 0 Å². The quantitative estimate of drug-likeness (QED) is 0.386. The maximum absolute atomic E-state index is 11.8. The van der Waals surface area contributed by atoms with Gasteiger partial charge in [-0.05, 0) is 32.6 Å². The minimum Gasteiger partial charge on any atom is -0.507 e. The van der Waals surface area contributed by atoms with E-state index in [1.165, 1.54) is 0 Å². The summed E-state index contributed by atoms with van der Waals surface area (Å²) in [5, 5.41) is 19.7. The molecule has 0 bridgehead atoms. The number of carbonyl (C=O) groups excluding carboxylic acids is 1.